The summed E-state index contributed by atoms with van der Waals surface area (Å²) in [6.07, 6.45) is 4.46. The molecule has 106 valence electrons. The molecule has 4 heteroatoms. The Balaban J connectivity index is 1.79. The van der Waals surface area contributed by atoms with Crippen LogP contribution in [0.5, 0.6) is 0 Å². The number of piperidine rings is 1. The van der Waals surface area contributed by atoms with Gasteiger partial charge in [-0.1, -0.05) is 0 Å². The molecular formula is C14H27NO3. The van der Waals surface area contributed by atoms with Crippen molar-refractivity contribution in [3.05, 3.63) is 0 Å². The molecule has 2 aliphatic heterocycles. The molecule has 2 heterocycles. The third-order valence-electron chi connectivity index (χ3n) is 4.56. The summed E-state index contributed by atoms with van der Waals surface area (Å²) < 4.78 is 10.7. The number of likely N-dealkylation sites (tertiary alicyclic amines) is 1. The molecule has 0 saturated carbocycles. The third-order valence-corrected chi connectivity index (χ3v) is 4.56. The maximum atomic E-state index is 9.71. The minimum absolute atomic E-state index is 0.0896. The fourth-order valence-corrected chi connectivity index (χ4v) is 3.19. The molecule has 2 fully saturated rings. The zero-order chi connectivity index (χ0) is 12.8. The van der Waals surface area contributed by atoms with Crippen LogP contribution in [-0.2, 0) is 9.47 Å². The fraction of sp³-hybridized carbons (Fsp3) is 1.00. The highest BCUT2D eigenvalue weighted by Gasteiger charge is 2.34. The van der Waals surface area contributed by atoms with Crippen LogP contribution in [0.3, 0.4) is 0 Å². The summed E-state index contributed by atoms with van der Waals surface area (Å²) >= 11 is 0. The van der Waals surface area contributed by atoms with Gasteiger partial charge in [-0.05, 0) is 44.7 Å². The van der Waals surface area contributed by atoms with E-state index in [1.807, 2.05) is 0 Å². The molecule has 2 saturated heterocycles. The van der Waals surface area contributed by atoms with Gasteiger partial charge in [0, 0.05) is 38.9 Å². The number of nitrogens with zero attached hydrogens (tertiary/aromatic N) is 1. The van der Waals surface area contributed by atoms with Crippen molar-refractivity contribution in [2.75, 3.05) is 53.2 Å². The standard InChI is InChI=1S/C14H27NO3/c1-17-10-13-2-6-15(7-3-13)11-14(12-16)4-8-18-9-5-14/h13,16H,2-12H2,1H3. The van der Waals surface area contributed by atoms with Gasteiger partial charge >= 0.3 is 0 Å². The summed E-state index contributed by atoms with van der Waals surface area (Å²) in [5.74, 6) is 0.728. The van der Waals surface area contributed by atoms with Crippen molar-refractivity contribution in [3.63, 3.8) is 0 Å². The third kappa shape index (κ3) is 3.67. The molecule has 0 aromatic heterocycles. The summed E-state index contributed by atoms with van der Waals surface area (Å²) in [6.45, 7) is 6.14. The van der Waals surface area contributed by atoms with E-state index in [2.05, 4.69) is 4.90 Å². The monoisotopic (exact) mass is 257 g/mol. The Bertz CT molecular complexity index is 233. The zero-order valence-electron chi connectivity index (χ0n) is 11.6. The van der Waals surface area contributed by atoms with Gasteiger partial charge in [0.05, 0.1) is 6.61 Å². The van der Waals surface area contributed by atoms with Gasteiger partial charge in [0.2, 0.25) is 0 Å². The van der Waals surface area contributed by atoms with Crippen molar-refractivity contribution in [1.29, 1.82) is 0 Å². The average Bonchev–Trinajstić information content (AvgIpc) is 2.42. The van der Waals surface area contributed by atoms with Gasteiger partial charge < -0.3 is 19.5 Å². The van der Waals surface area contributed by atoms with E-state index in [0.29, 0.717) is 6.61 Å². The van der Waals surface area contributed by atoms with E-state index in [9.17, 15) is 5.11 Å². The maximum absolute atomic E-state index is 9.71. The zero-order valence-corrected chi connectivity index (χ0v) is 11.6. The van der Waals surface area contributed by atoms with Crippen molar-refractivity contribution in [3.8, 4) is 0 Å². The van der Waals surface area contributed by atoms with E-state index in [0.717, 1.165) is 58.2 Å². The Kier molecular flexibility index (Phi) is 5.42. The Morgan fingerprint density at radius 1 is 1.28 bits per heavy atom. The molecule has 0 amide bonds. The van der Waals surface area contributed by atoms with Crippen LogP contribution in [0, 0.1) is 11.3 Å². The predicted octanol–water partition coefficient (Wildman–Crippen LogP) is 1.13. The van der Waals surface area contributed by atoms with Gasteiger partial charge in [0.15, 0.2) is 0 Å². The lowest BCUT2D eigenvalue weighted by Gasteiger charge is -2.42. The molecule has 0 spiro atoms. The molecule has 0 unspecified atom stereocenters. The number of ether oxygens (including phenoxy) is 2. The Morgan fingerprint density at radius 3 is 2.50 bits per heavy atom. The van der Waals surface area contributed by atoms with Crippen molar-refractivity contribution >= 4 is 0 Å². The van der Waals surface area contributed by atoms with E-state index in [4.69, 9.17) is 9.47 Å². The molecule has 0 atom stereocenters. The molecule has 2 rings (SSSR count). The Hall–Kier alpha value is -0.160. The highest BCUT2D eigenvalue weighted by atomic mass is 16.5. The molecule has 0 radical (unpaired) electrons. The fourth-order valence-electron chi connectivity index (χ4n) is 3.19. The van der Waals surface area contributed by atoms with Crippen LogP contribution in [0.1, 0.15) is 25.7 Å². The van der Waals surface area contributed by atoms with E-state index in [-0.39, 0.29) is 5.41 Å². The highest BCUT2D eigenvalue weighted by Crippen LogP contribution is 2.32. The van der Waals surface area contributed by atoms with Gasteiger partial charge in [-0.2, -0.15) is 0 Å². The van der Waals surface area contributed by atoms with E-state index in [1.54, 1.807) is 7.11 Å². The van der Waals surface area contributed by atoms with Crippen molar-refractivity contribution in [1.82, 2.24) is 4.90 Å². The van der Waals surface area contributed by atoms with Crippen LogP contribution < -0.4 is 0 Å². The van der Waals surface area contributed by atoms with Crippen LogP contribution >= 0.6 is 0 Å². The van der Waals surface area contributed by atoms with Crippen LogP contribution in [0.15, 0.2) is 0 Å². The second-order valence-corrected chi connectivity index (χ2v) is 5.95. The minimum atomic E-state index is 0.0896. The van der Waals surface area contributed by atoms with Crippen LogP contribution in [0.2, 0.25) is 0 Å². The molecule has 2 aliphatic rings. The molecule has 0 aromatic carbocycles. The SMILES string of the molecule is COCC1CCN(CC2(CO)CCOCC2)CC1. The number of aliphatic hydroxyl groups excluding tert-OH is 1. The molecule has 1 N–H and O–H groups in total. The first kappa shape index (κ1) is 14.3. The van der Waals surface area contributed by atoms with Gasteiger partial charge in [0.25, 0.3) is 0 Å². The number of hydrogen-bond acceptors (Lipinski definition) is 4. The average molecular weight is 257 g/mol. The number of methoxy groups -OCH3 is 1. The first-order chi connectivity index (χ1) is 8.78. The first-order valence-electron chi connectivity index (χ1n) is 7.18. The molecule has 4 nitrogen and oxygen atoms in total. The number of rotatable bonds is 5. The highest BCUT2D eigenvalue weighted by molar-refractivity contribution is 4.86. The van der Waals surface area contributed by atoms with Gasteiger partial charge in [-0.3, -0.25) is 0 Å². The van der Waals surface area contributed by atoms with Crippen LogP contribution in [0.4, 0.5) is 0 Å². The largest absolute Gasteiger partial charge is 0.396 e. The minimum Gasteiger partial charge on any atom is -0.396 e. The second-order valence-electron chi connectivity index (χ2n) is 5.95. The topological polar surface area (TPSA) is 41.9 Å². The van der Waals surface area contributed by atoms with Crippen molar-refractivity contribution in [2.45, 2.75) is 25.7 Å². The molecule has 18 heavy (non-hydrogen) atoms. The molecule has 0 bridgehead atoms. The lowest BCUT2D eigenvalue weighted by molar-refractivity contribution is -0.0400. The Morgan fingerprint density at radius 2 is 1.94 bits per heavy atom. The van der Waals surface area contributed by atoms with E-state index >= 15 is 0 Å². The smallest absolute Gasteiger partial charge is 0.0501 e. The lowest BCUT2D eigenvalue weighted by Crippen LogP contribution is -2.46. The first-order valence-corrected chi connectivity index (χ1v) is 7.18. The van der Waals surface area contributed by atoms with Gasteiger partial charge in [-0.15, -0.1) is 0 Å². The van der Waals surface area contributed by atoms with Gasteiger partial charge in [-0.25, -0.2) is 0 Å². The normalized spacial score (nSPS) is 26.3. The van der Waals surface area contributed by atoms with E-state index in [1.165, 1.54) is 12.8 Å². The van der Waals surface area contributed by atoms with Crippen molar-refractivity contribution in [2.24, 2.45) is 11.3 Å². The summed E-state index contributed by atoms with van der Waals surface area (Å²) in [5, 5.41) is 9.71. The quantitative estimate of drug-likeness (QED) is 0.802. The number of aliphatic hydroxyl groups is 1. The molecule has 0 aliphatic carbocycles. The summed E-state index contributed by atoms with van der Waals surface area (Å²) in [7, 11) is 1.79. The summed E-state index contributed by atoms with van der Waals surface area (Å²) in [5.41, 5.74) is 0.0896. The maximum Gasteiger partial charge on any atom is 0.0501 e. The molecule has 0 aromatic rings. The van der Waals surface area contributed by atoms with E-state index < -0.39 is 0 Å². The predicted molar refractivity (Wildman–Crippen MR) is 70.6 cm³/mol. The number of hydrogen-bond donors (Lipinski definition) is 1. The van der Waals surface area contributed by atoms with Crippen molar-refractivity contribution < 1.29 is 14.6 Å². The summed E-state index contributed by atoms with van der Waals surface area (Å²) in [4.78, 5) is 2.52. The van der Waals surface area contributed by atoms with Gasteiger partial charge in [0.1, 0.15) is 0 Å². The second kappa shape index (κ2) is 6.85. The summed E-state index contributed by atoms with van der Waals surface area (Å²) in [6, 6.07) is 0. The Labute approximate surface area is 110 Å². The lowest BCUT2D eigenvalue weighted by atomic mass is 9.80. The van der Waals surface area contributed by atoms with Crippen LogP contribution in [0.25, 0.3) is 0 Å². The van der Waals surface area contributed by atoms with Crippen LogP contribution in [-0.4, -0.2) is 63.2 Å². The molecular weight excluding hydrogens is 230 g/mol.